The largest absolute Gasteiger partial charge is 0.394 e. The summed E-state index contributed by atoms with van der Waals surface area (Å²) < 4.78 is 11.3. The molecule has 0 spiro atoms. The molecule has 96 heavy (non-hydrogen) atoms. The van der Waals surface area contributed by atoms with Crippen LogP contribution in [0.25, 0.3) is 0 Å². The Labute approximate surface area is 596 Å². The number of ether oxygens (including phenoxy) is 2. The molecule has 7 atom stereocenters. The molecule has 6 N–H and O–H groups in total. The van der Waals surface area contributed by atoms with Crippen molar-refractivity contribution in [3.63, 3.8) is 0 Å². The second kappa shape index (κ2) is 75.8. The summed E-state index contributed by atoms with van der Waals surface area (Å²) in [6.07, 6.45) is 98.7. The van der Waals surface area contributed by atoms with E-state index in [-0.39, 0.29) is 12.5 Å². The van der Waals surface area contributed by atoms with Gasteiger partial charge >= 0.3 is 0 Å². The minimum absolute atomic E-state index is 0.177. The van der Waals surface area contributed by atoms with Crippen LogP contribution in [0.3, 0.4) is 0 Å². The number of rotatable bonds is 77. The van der Waals surface area contributed by atoms with E-state index in [9.17, 15) is 30.3 Å². The van der Waals surface area contributed by atoms with E-state index in [1.807, 2.05) is 6.08 Å². The summed E-state index contributed by atoms with van der Waals surface area (Å²) in [6.45, 7) is 3.82. The molecule has 9 heteroatoms. The fourth-order valence-corrected chi connectivity index (χ4v) is 14.0. The van der Waals surface area contributed by atoms with Crippen molar-refractivity contribution in [1.29, 1.82) is 0 Å². The molecule has 0 aromatic rings. The van der Waals surface area contributed by atoms with Gasteiger partial charge in [-0.1, -0.05) is 422 Å². The number of hydrogen-bond acceptors (Lipinski definition) is 8. The lowest BCUT2D eigenvalue weighted by atomic mass is 9.99. The Morgan fingerprint density at radius 2 is 0.625 bits per heavy atom. The second-order valence-electron chi connectivity index (χ2n) is 30.0. The lowest BCUT2D eigenvalue weighted by Gasteiger charge is -2.40. The van der Waals surface area contributed by atoms with E-state index >= 15 is 0 Å². The van der Waals surface area contributed by atoms with E-state index in [1.54, 1.807) is 6.08 Å². The average molecular weight is 1350 g/mol. The van der Waals surface area contributed by atoms with Crippen LogP contribution in [0.15, 0.2) is 48.6 Å². The highest BCUT2D eigenvalue weighted by Crippen LogP contribution is 2.24. The van der Waals surface area contributed by atoms with Crippen LogP contribution < -0.4 is 5.32 Å². The standard InChI is InChI=1S/C87H165NO8/c1-3-5-7-9-11-13-15-17-19-21-23-25-27-29-31-33-35-37-38-39-40-41-42-43-44-45-47-49-51-53-55-57-59-61-63-65-67-69-71-73-75-77-83(91)88-80(79-95-87-86(94)85(93)84(92)82(78-89)96-87)81(90)76-74-72-70-68-66-64-62-60-58-56-54-52-50-48-46-36-34-32-30-28-26-24-22-20-18-16-14-12-10-8-6-4-2/h15,17,21,23,66,68,74,76,80-82,84-87,89-90,92-94H,3-14,16,18-20,22,24-65,67,69-73,75,77-79H2,1-2H3,(H,88,91)/b17-15-,23-21-,68-66+,76-74+. The third kappa shape index (κ3) is 63.1. The Kier molecular flexibility index (Phi) is 72.8. The molecular weight excluding hydrogens is 1190 g/mol. The number of hydrogen-bond donors (Lipinski definition) is 6. The number of carbonyl (C=O) groups is 1. The average Bonchev–Trinajstić information content (AvgIpc) is 0.840. The maximum Gasteiger partial charge on any atom is 0.220 e. The van der Waals surface area contributed by atoms with Crippen molar-refractivity contribution in [1.82, 2.24) is 5.32 Å². The van der Waals surface area contributed by atoms with Crippen LogP contribution in [0.2, 0.25) is 0 Å². The van der Waals surface area contributed by atoms with Gasteiger partial charge in [0.05, 0.1) is 25.4 Å². The molecule has 9 nitrogen and oxygen atoms in total. The van der Waals surface area contributed by atoms with Gasteiger partial charge in [0.15, 0.2) is 6.29 Å². The number of allylic oxidation sites excluding steroid dienone is 7. The summed E-state index contributed by atoms with van der Waals surface area (Å²) in [5.74, 6) is -0.177. The van der Waals surface area contributed by atoms with E-state index in [1.165, 1.54) is 379 Å². The van der Waals surface area contributed by atoms with Crippen LogP contribution in [-0.2, 0) is 14.3 Å². The van der Waals surface area contributed by atoms with Crippen LogP contribution in [0.4, 0.5) is 0 Å². The van der Waals surface area contributed by atoms with Crippen molar-refractivity contribution in [3.05, 3.63) is 48.6 Å². The van der Waals surface area contributed by atoms with E-state index in [0.717, 1.165) is 44.9 Å². The predicted molar refractivity (Wildman–Crippen MR) is 415 cm³/mol. The van der Waals surface area contributed by atoms with Crippen molar-refractivity contribution in [2.24, 2.45) is 0 Å². The molecule has 0 aromatic heterocycles. The maximum absolute atomic E-state index is 13.2. The molecule has 1 saturated heterocycles. The maximum atomic E-state index is 13.2. The first-order chi connectivity index (χ1) is 47.3. The van der Waals surface area contributed by atoms with E-state index in [4.69, 9.17) is 9.47 Å². The van der Waals surface area contributed by atoms with Gasteiger partial charge in [-0.3, -0.25) is 4.79 Å². The summed E-state index contributed by atoms with van der Waals surface area (Å²) in [5, 5.41) is 54.9. The fraction of sp³-hybridized carbons (Fsp3) is 0.897. The highest BCUT2D eigenvalue weighted by Gasteiger charge is 2.44. The molecule has 1 amide bonds. The number of aliphatic hydroxyl groups excluding tert-OH is 5. The van der Waals surface area contributed by atoms with E-state index in [0.29, 0.717) is 6.42 Å². The highest BCUT2D eigenvalue weighted by atomic mass is 16.7. The predicted octanol–water partition coefficient (Wildman–Crippen LogP) is 25.0. The first kappa shape index (κ1) is 92.2. The van der Waals surface area contributed by atoms with Gasteiger partial charge < -0.3 is 40.3 Å². The zero-order valence-electron chi connectivity index (χ0n) is 63.9. The number of unbranched alkanes of at least 4 members (excludes halogenated alkanes) is 61. The smallest absolute Gasteiger partial charge is 0.220 e. The van der Waals surface area contributed by atoms with Crippen LogP contribution in [0.5, 0.6) is 0 Å². The lowest BCUT2D eigenvalue weighted by Crippen LogP contribution is -2.60. The molecule has 0 radical (unpaired) electrons. The molecule has 0 aromatic carbocycles. The first-order valence-corrected chi connectivity index (χ1v) is 42.9. The third-order valence-corrected chi connectivity index (χ3v) is 20.6. The molecule has 1 aliphatic heterocycles. The Morgan fingerprint density at radius 1 is 0.354 bits per heavy atom. The van der Waals surface area contributed by atoms with Crippen molar-refractivity contribution in [3.8, 4) is 0 Å². The van der Waals surface area contributed by atoms with Crippen molar-refractivity contribution < 1.29 is 39.8 Å². The minimum Gasteiger partial charge on any atom is -0.394 e. The zero-order chi connectivity index (χ0) is 69.2. The van der Waals surface area contributed by atoms with Gasteiger partial charge in [-0.25, -0.2) is 0 Å². The topological polar surface area (TPSA) is 149 Å². The number of carbonyl (C=O) groups excluding carboxylic acids is 1. The molecule has 1 heterocycles. The van der Waals surface area contributed by atoms with Gasteiger partial charge in [-0.2, -0.15) is 0 Å². The summed E-state index contributed by atoms with van der Waals surface area (Å²) >= 11 is 0. The van der Waals surface area contributed by atoms with Crippen LogP contribution in [0.1, 0.15) is 444 Å². The molecule has 1 rings (SSSR count). The van der Waals surface area contributed by atoms with Crippen molar-refractivity contribution >= 4 is 5.91 Å². The Balaban J connectivity index is 2.04. The molecule has 566 valence electrons. The molecule has 0 aliphatic carbocycles. The Hall–Kier alpha value is -1.85. The second-order valence-corrected chi connectivity index (χ2v) is 30.0. The van der Waals surface area contributed by atoms with Crippen LogP contribution in [-0.4, -0.2) is 87.5 Å². The number of amides is 1. The van der Waals surface area contributed by atoms with Gasteiger partial charge in [0.25, 0.3) is 0 Å². The van der Waals surface area contributed by atoms with Crippen molar-refractivity contribution in [2.75, 3.05) is 13.2 Å². The molecule has 0 bridgehead atoms. The molecule has 1 aliphatic rings. The number of nitrogens with one attached hydrogen (secondary N) is 1. The number of aliphatic hydroxyl groups is 5. The van der Waals surface area contributed by atoms with Gasteiger partial charge in [0.1, 0.15) is 24.4 Å². The van der Waals surface area contributed by atoms with Crippen LogP contribution in [0, 0.1) is 0 Å². The minimum atomic E-state index is -1.57. The van der Waals surface area contributed by atoms with Gasteiger partial charge in [-0.05, 0) is 64.2 Å². The molecular formula is C87H165NO8. The quantitative estimate of drug-likeness (QED) is 0.0261. The third-order valence-electron chi connectivity index (χ3n) is 20.6. The zero-order valence-corrected chi connectivity index (χ0v) is 63.9. The van der Waals surface area contributed by atoms with Gasteiger partial charge in [0.2, 0.25) is 5.91 Å². The SMILES string of the molecule is CCCCCCC/C=C\C/C=C\CCCCCCCCCCCCCCCCCCCCCCCCCCCCCCCC(=O)NC(COC1OC(CO)C(O)C(O)C1O)C(O)/C=C/CC/C=C/CCCCCCCCCCCCCCCCCCCCCCCCCCCC. The molecule has 0 saturated carbocycles. The lowest BCUT2D eigenvalue weighted by molar-refractivity contribution is -0.302. The summed E-state index contributed by atoms with van der Waals surface area (Å²) in [5.41, 5.74) is 0. The Bertz CT molecular complexity index is 1670. The summed E-state index contributed by atoms with van der Waals surface area (Å²) in [4.78, 5) is 13.2. The summed E-state index contributed by atoms with van der Waals surface area (Å²) in [7, 11) is 0. The summed E-state index contributed by atoms with van der Waals surface area (Å²) in [6, 6.07) is -0.823. The van der Waals surface area contributed by atoms with E-state index < -0.39 is 49.5 Å². The van der Waals surface area contributed by atoms with Gasteiger partial charge in [0, 0.05) is 6.42 Å². The normalized spacial score (nSPS) is 17.6. The highest BCUT2D eigenvalue weighted by molar-refractivity contribution is 5.76. The first-order valence-electron chi connectivity index (χ1n) is 42.9. The Morgan fingerprint density at radius 3 is 0.938 bits per heavy atom. The van der Waals surface area contributed by atoms with E-state index in [2.05, 4.69) is 55.6 Å². The van der Waals surface area contributed by atoms with Crippen molar-refractivity contribution in [2.45, 2.75) is 487 Å². The van der Waals surface area contributed by atoms with Crippen LogP contribution >= 0.6 is 0 Å². The molecule has 1 fully saturated rings. The van der Waals surface area contributed by atoms with Gasteiger partial charge in [-0.15, -0.1) is 0 Å². The monoisotopic (exact) mass is 1350 g/mol. The molecule has 7 unspecified atom stereocenters. The fourth-order valence-electron chi connectivity index (χ4n) is 14.0.